The maximum absolute atomic E-state index is 12.8. The Labute approximate surface area is 200 Å². The van der Waals surface area contributed by atoms with Gasteiger partial charge in [-0.25, -0.2) is 14.4 Å². The molecule has 0 unspecified atom stereocenters. The molecule has 0 bridgehead atoms. The van der Waals surface area contributed by atoms with Gasteiger partial charge in [-0.3, -0.25) is 4.79 Å². The van der Waals surface area contributed by atoms with Crippen LogP contribution in [0.1, 0.15) is 35.8 Å². The minimum Gasteiger partial charge on any atom is -0.463 e. The zero-order valence-electron chi connectivity index (χ0n) is 18.5. The molecule has 2 heterocycles. The second-order valence-electron chi connectivity index (χ2n) is 7.59. The van der Waals surface area contributed by atoms with Crippen molar-refractivity contribution in [3.05, 3.63) is 70.9 Å². The molecule has 0 aromatic heterocycles. The lowest BCUT2D eigenvalue weighted by atomic mass is 9.95. The Hall–Kier alpha value is -3.79. The number of amides is 3. The van der Waals surface area contributed by atoms with Crippen LogP contribution >= 0.6 is 11.8 Å². The first-order valence-electron chi connectivity index (χ1n) is 10.7. The number of fused-ring (bicyclic) bond motifs is 1. The average molecular weight is 482 g/mol. The van der Waals surface area contributed by atoms with Crippen molar-refractivity contribution in [3.8, 4) is 0 Å². The van der Waals surface area contributed by atoms with E-state index >= 15 is 0 Å². The fourth-order valence-electron chi connectivity index (χ4n) is 3.63. The number of esters is 2. The van der Waals surface area contributed by atoms with E-state index in [-0.39, 0.29) is 41.2 Å². The third kappa shape index (κ3) is 4.91. The number of rotatable bonds is 6. The number of carbonyl (C=O) groups is 4. The van der Waals surface area contributed by atoms with Crippen LogP contribution in [0.4, 0.5) is 10.5 Å². The molecule has 0 radical (unpaired) electrons. The number of nitrogens with one attached hydrogen (secondary N) is 3. The highest BCUT2D eigenvalue weighted by molar-refractivity contribution is 8.00. The number of hydrogen-bond acceptors (Lipinski definition) is 7. The standard InChI is InChI=1S/C24H23N3O6S/c1-3-32-23(30)19-17(26-24(31)27-20(19)14-7-5-4-6-8-14)12-33-22(29)15-9-10-18-16(11-15)25-21(28)13(2)34-18/h4-11,13,20H,3,12H2,1-2H3,(H,25,28)(H2,26,27,31)/t13-,20-/m0/s1. The van der Waals surface area contributed by atoms with E-state index in [4.69, 9.17) is 9.47 Å². The van der Waals surface area contributed by atoms with Crippen molar-refractivity contribution in [2.45, 2.75) is 30.0 Å². The molecule has 9 nitrogen and oxygen atoms in total. The summed E-state index contributed by atoms with van der Waals surface area (Å²) in [5, 5.41) is 7.84. The van der Waals surface area contributed by atoms with Crippen LogP contribution < -0.4 is 16.0 Å². The molecular weight excluding hydrogens is 458 g/mol. The summed E-state index contributed by atoms with van der Waals surface area (Å²) in [6.45, 7) is 3.27. The van der Waals surface area contributed by atoms with Crippen LogP contribution in [0, 0.1) is 0 Å². The molecular formula is C24H23N3O6S. The van der Waals surface area contributed by atoms with Crippen molar-refractivity contribution < 1.29 is 28.7 Å². The first-order valence-corrected chi connectivity index (χ1v) is 11.6. The lowest BCUT2D eigenvalue weighted by Gasteiger charge is -2.29. The second-order valence-corrected chi connectivity index (χ2v) is 8.97. The lowest BCUT2D eigenvalue weighted by molar-refractivity contribution is -0.139. The van der Waals surface area contributed by atoms with Gasteiger partial charge in [-0.15, -0.1) is 11.8 Å². The summed E-state index contributed by atoms with van der Waals surface area (Å²) >= 11 is 1.41. The molecule has 2 aliphatic rings. The predicted molar refractivity (Wildman–Crippen MR) is 125 cm³/mol. The topological polar surface area (TPSA) is 123 Å². The summed E-state index contributed by atoms with van der Waals surface area (Å²) in [6, 6.07) is 12.6. The van der Waals surface area contributed by atoms with Crippen LogP contribution in [0.25, 0.3) is 0 Å². The first kappa shape index (κ1) is 23.4. The van der Waals surface area contributed by atoms with Gasteiger partial charge < -0.3 is 25.4 Å². The van der Waals surface area contributed by atoms with Gasteiger partial charge in [0.1, 0.15) is 6.61 Å². The van der Waals surface area contributed by atoms with Gasteiger partial charge in [0.15, 0.2) is 0 Å². The summed E-state index contributed by atoms with van der Waals surface area (Å²) in [5.41, 5.74) is 1.74. The predicted octanol–water partition coefficient (Wildman–Crippen LogP) is 3.15. The van der Waals surface area contributed by atoms with Gasteiger partial charge in [-0.1, -0.05) is 30.3 Å². The molecule has 176 valence electrons. The molecule has 2 aromatic rings. The molecule has 10 heteroatoms. The summed E-state index contributed by atoms with van der Waals surface area (Å²) in [6.07, 6.45) is 0. The molecule has 2 aromatic carbocycles. The van der Waals surface area contributed by atoms with Gasteiger partial charge in [0.25, 0.3) is 0 Å². The van der Waals surface area contributed by atoms with E-state index in [1.807, 2.05) is 6.07 Å². The fourth-order valence-corrected chi connectivity index (χ4v) is 4.56. The molecule has 2 aliphatic heterocycles. The van der Waals surface area contributed by atoms with Crippen LogP contribution in [0.15, 0.2) is 64.7 Å². The van der Waals surface area contributed by atoms with Crippen LogP contribution in [-0.2, 0) is 19.1 Å². The third-order valence-electron chi connectivity index (χ3n) is 5.28. The largest absolute Gasteiger partial charge is 0.463 e. The van der Waals surface area contributed by atoms with Gasteiger partial charge in [-0.2, -0.15) is 0 Å². The molecule has 4 rings (SSSR count). The normalized spacial score (nSPS) is 19.4. The van der Waals surface area contributed by atoms with E-state index in [0.29, 0.717) is 11.3 Å². The van der Waals surface area contributed by atoms with Gasteiger partial charge in [-0.05, 0) is 37.6 Å². The smallest absolute Gasteiger partial charge is 0.338 e. The number of urea groups is 1. The molecule has 0 aliphatic carbocycles. The van der Waals surface area contributed by atoms with Gasteiger partial charge >= 0.3 is 18.0 Å². The number of ether oxygens (including phenoxy) is 2. The highest BCUT2D eigenvalue weighted by atomic mass is 32.2. The van der Waals surface area contributed by atoms with Gasteiger partial charge in [0, 0.05) is 4.90 Å². The Kier molecular flexibility index (Phi) is 6.87. The minimum atomic E-state index is -0.763. The molecule has 2 atom stereocenters. The molecule has 0 saturated heterocycles. The van der Waals surface area contributed by atoms with Gasteiger partial charge in [0.2, 0.25) is 5.91 Å². The first-order chi connectivity index (χ1) is 16.4. The van der Waals surface area contributed by atoms with Crippen molar-refractivity contribution in [1.82, 2.24) is 10.6 Å². The number of thioether (sulfide) groups is 1. The second kappa shape index (κ2) is 10.0. The van der Waals surface area contributed by atoms with Crippen LogP contribution in [0.2, 0.25) is 0 Å². The molecule has 34 heavy (non-hydrogen) atoms. The Morgan fingerprint density at radius 1 is 1.00 bits per heavy atom. The number of carbonyl (C=O) groups excluding carboxylic acids is 4. The summed E-state index contributed by atoms with van der Waals surface area (Å²) in [7, 11) is 0. The highest BCUT2D eigenvalue weighted by Gasteiger charge is 2.34. The highest BCUT2D eigenvalue weighted by Crippen LogP contribution is 2.36. The van der Waals surface area contributed by atoms with Crippen LogP contribution in [0.5, 0.6) is 0 Å². The summed E-state index contributed by atoms with van der Waals surface area (Å²) < 4.78 is 10.6. The lowest BCUT2D eigenvalue weighted by Crippen LogP contribution is -2.47. The molecule has 0 saturated carbocycles. The Balaban J connectivity index is 1.58. The zero-order chi connectivity index (χ0) is 24.2. The van der Waals surface area contributed by atoms with Crippen molar-refractivity contribution in [3.63, 3.8) is 0 Å². The molecule has 3 amide bonds. The maximum Gasteiger partial charge on any atom is 0.338 e. The summed E-state index contributed by atoms with van der Waals surface area (Å²) in [5.74, 6) is -1.44. The fraction of sp³-hybridized carbons (Fsp3) is 0.250. The van der Waals surface area contributed by atoms with Crippen molar-refractivity contribution in [1.29, 1.82) is 0 Å². The van der Waals surface area contributed by atoms with Crippen molar-refractivity contribution >= 4 is 41.3 Å². The third-order valence-corrected chi connectivity index (χ3v) is 6.45. The minimum absolute atomic E-state index is 0.139. The van der Waals surface area contributed by atoms with E-state index in [9.17, 15) is 19.2 Å². The maximum atomic E-state index is 12.8. The van der Waals surface area contributed by atoms with Crippen LogP contribution in [0.3, 0.4) is 0 Å². The average Bonchev–Trinajstić information content (AvgIpc) is 2.83. The van der Waals surface area contributed by atoms with E-state index < -0.39 is 24.0 Å². The zero-order valence-corrected chi connectivity index (χ0v) is 19.4. The Morgan fingerprint density at radius 3 is 2.50 bits per heavy atom. The van der Waals surface area contributed by atoms with E-state index in [0.717, 1.165) is 4.90 Å². The molecule has 0 fully saturated rings. The quantitative estimate of drug-likeness (QED) is 0.542. The van der Waals surface area contributed by atoms with E-state index in [1.165, 1.54) is 11.8 Å². The summed E-state index contributed by atoms with van der Waals surface area (Å²) in [4.78, 5) is 50.7. The van der Waals surface area contributed by atoms with Crippen LogP contribution in [-0.4, -0.2) is 42.3 Å². The van der Waals surface area contributed by atoms with E-state index in [2.05, 4.69) is 16.0 Å². The molecule has 0 spiro atoms. The van der Waals surface area contributed by atoms with E-state index in [1.54, 1.807) is 56.3 Å². The number of benzene rings is 2. The van der Waals surface area contributed by atoms with Gasteiger partial charge in [0.05, 0.1) is 40.4 Å². The Bertz CT molecular complexity index is 1180. The van der Waals surface area contributed by atoms with Crippen molar-refractivity contribution in [2.24, 2.45) is 0 Å². The Morgan fingerprint density at radius 2 is 1.76 bits per heavy atom. The van der Waals surface area contributed by atoms with Crippen molar-refractivity contribution in [2.75, 3.05) is 18.5 Å². The number of hydrogen-bond donors (Lipinski definition) is 3. The molecule has 3 N–H and O–H groups in total. The monoisotopic (exact) mass is 481 g/mol. The number of anilines is 1. The SMILES string of the molecule is CCOC(=O)C1=C(COC(=O)c2ccc3c(c2)NC(=O)[C@H](C)S3)NC(=O)N[C@H]1c1ccccc1.